The largest absolute Gasteiger partial charge is 0.481 e. The predicted molar refractivity (Wildman–Crippen MR) is 77.2 cm³/mol. The van der Waals surface area contributed by atoms with Crippen molar-refractivity contribution in [1.29, 1.82) is 0 Å². The summed E-state index contributed by atoms with van der Waals surface area (Å²) >= 11 is 6.02. The molecular weight excluding hydrogens is 262 g/mol. The molecule has 0 bridgehead atoms. The zero-order valence-corrected chi connectivity index (χ0v) is 11.9. The minimum absolute atomic E-state index is 0.658. The summed E-state index contributed by atoms with van der Waals surface area (Å²) in [5.74, 6) is 0.758. The zero-order chi connectivity index (χ0) is 13.8. The van der Waals surface area contributed by atoms with E-state index in [0.29, 0.717) is 11.6 Å². The van der Waals surface area contributed by atoms with Crippen LogP contribution in [0.3, 0.4) is 0 Å². The molecule has 0 aliphatic heterocycles. The van der Waals surface area contributed by atoms with Crippen LogP contribution in [0.5, 0.6) is 5.88 Å². The number of halogens is 1. The molecule has 0 saturated carbocycles. The maximum absolute atomic E-state index is 6.02. The van der Waals surface area contributed by atoms with Crippen LogP contribution < -0.4 is 10.5 Å². The first-order valence-corrected chi connectivity index (χ1v) is 6.63. The van der Waals surface area contributed by atoms with E-state index in [-0.39, 0.29) is 0 Å². The molecule has 0 fully saturated rings. The minimum Gasteiger partial charge on any atom is -0.481 e. The van der Waals surface area contributed by atoms with Crippen molar-refractivity contribution in [1.82, 2.24) is 9.78 Å². The van der Waals surface area contributed by atoms with Gasteiger partial charge in [-0.3, -0.25) is 0 Å². The molecule has 102 valence electrons. The average molecular weight is 280 g/mol. The highest BCUT2D eigenvalue weighted by Gasteiger charge is 2.16. The highest BCUT2D eigenvalue weighted by Crippen LogP contribution is 2.27. The molecule has 1 aromatic carbocycles. The molecule has 19 heavy (non-hydrogen) atoms. The van der Waals surface area contributed by atoms with Crippen molar-refractivity contribution in [2.45, 2.75) is 19.8 Å². The molecule has 5 heteroatoms. The van der Waals surface area contributed by atoms with Gasteiger partial charge in [0.15, 0.2) is 0 Å². The van der Waals surface area contributed by atoms with Gasteiger partial charge >= 0.3 is 0 Å². The number of rotatable bonds is 5. The van der Waals surface area contributed by atoms with Crippen molar-refractivity contribution in [3.8, 4) is 11.6 Å². The first-order valence-electron chi connectivity index (χ1n) is 6.26. The topological polar surface area (TPSA) is 53.1 Å². The van der Waals surface area contributed by atoms with Crippen molar-refractivity contribution >= 4 is 11.6 Å². The van der Waals surface area contributed by atoms with E-state index >= 15 is 0 Å². The molecule has 2 rings (SSSR count). The second-order valence-electron chi connectivity index (χ2n) is 4.36. The SMILES string of the molecule is COc1c(CCCN)c(C)nn1-c1cccc(Cl)c1. The number of nitrogens with zero attached hydrogens (tertiary/aromatic N) is 2. The number of aryl methyl sites for hydroxylation is 1. The van der Waals surface area contributed by atoms with E-state index in [4.69, 9.17) is 22.1 Å². The van der Waals surface area contributed by atoms with E-state index in [1.165, 1.54) is 0 Å². The molecule has 4 nitrogen and oxygen atoms in total. The summed E-state index contributed by atoms with van der Waals surface area (Å²) in [6.07, 6.45) is 1.78. The van der Waals surface area contributed by atoms with Crippen LogP contribution in [-0.2, 0) is 6.42 Å². The number of methoxy groups -OCH3 is 1. The molecule has 0 spiro atoms. The van der Waals surface area contributed by atoms with Gasteiger partial charge in [0.2, 0.25) is 5.88 Å². The Labute approximate surface area is 118 Å². The first-order chi connectivity index (χ1) is 9.17. The van der Waals surface area contributed by atoms with E-state index in [1.54, 1.807) is 11.8 Å². The second-order valence-corrected chi connectivity index (χ2v) is 4.79. The Morgan fingerprint density at radius 2 is 2.21 bits per heavy atom. The van der Waals surface area contributed by atoms with Crippen LogP contribution in [0.4, 0.5) is 0 Å². The second kappa shape index (κ2) is 6.08. The van der Waals surface area contributed by atoms with Crippen molar-refractivity contribution in [2.24, 2.45) is 5.73 Å². The fourth-order valence-corrected chi connectivity index (χ4v) is 2.28. The Morgan fingerprint density at radius 3 is 2.84 bits per heavy atom. The van der Waals surface area contributed by atoms with Crippen LogP contribution in [0.25, 0.3) is 5.69 Å². The standard InChI is InChI=1S/C14H18ClN3O/c1-10-13(7-4-8-16)14(19-2)18(17-10)12-6-3-5-11(15)9-12/h3,5-6,9H,4,7-8,16H2,1-2H3. The molecule has 2 aromatic rings. The van der Waals surface area contributed by atoms with Crippen molar-refractivity contribution < 1.29 is 4.74 Å². The molecular formula is C14H18ClN3O. The number of aromatic nitrogens is 2. The monoisotopic (exact) mass is 279 g/mol. The van der Waals surface area contributed by atoms with Crippen LogP contribution >= 0.6 is 11.6 Å². The molecule has 0 radical (unpaired) electrons. The lowest BCUT2D eigenvalue weighted by atomic mass is 10.1. The van der Waals surface area contributed by atoms with Gasteiger partial charge in [0.1, 0.15) is 0 Å². The molecule has 0 amide bonds. The smallest absolute Gasteiger partial charge is 0.219 e. The Bertz CT molecular complexity index is 566. The molecule has 1 aromatic heterocycles. The lowest BCUT2D eigenvalue weighted by Gasteiger charge is -2.08. The summed E-state index contributed by atoms with van der Waals surface area (Å²) < 4.78 is 7.29. The Morgan fingerprint density at radius 1 is 1.42 bits per heavy atom. The number of hydrogen-bond acceptors (Lipinski definition) is 3. The van der Waals surface area contributed by atoms with Gasteiger partial charge in [0.25, 0.3) is 0 Å². The maximum Gasteiger partial charge on any atom is 0.219 e. The molecule has 0 atom stereocenters. The van der Waals surface area contributed by atoms with Crippen LogP contribution in [0, 0.1) is 6.92 Å². The van der Waals surface area contributed by atoms with Gasteiger partial charge in [0.05, 0.1) is 18.5 Å². The van der Waals surface area contributed by atoms with Crippen molar-refractivity contribution in [2.75, 3.05) is 13.7 Å². The zero-order valence-electron chi connectivity index (χ0n) is 11.2. The first kappa shape index (κ1) is 13.9. The van der Waals surface area contributed by atoms with Gasteiger partial charge in [-0.15, -0.1) is 0 Å². The number of ether oxygens (including phenoxy) is 1. The van der Waals surface area contributed by atoms with E-state index in [0.717, 1.165) is 35.7 Å². The maximum atomic E-state index is 6.02. The van der Waals surface area contributed by atoms with E-state index in [2.05, 4.69) is 5.10 Å². The predicted octanol–water partition coefficient (Wildman–Crippen LogP) is 2.73. The third kappa shape index (κ3) is 2.91. The van der Waals surface area contributed by atoms with Gasteiger partial charge in [-0.1, -0.05) is 17.7 Å². The van der Waals surface area contributed by atoms with Crippen LogP contribution in [0.15, 0.2) is 24.3 Å². The summed E-state index contributed by atoms with van der Waals surface area (Å²) in [7, 11) is 1.66. The van der Waals surface area contributed by atoms with Gasteiger partial charge in [0, 0.05) is 10.6 Å². The van der Waals surface area contributed by atoms with E-state index in [9.17, 15) is 0 Å². The quantitative estimate of drug-likeness (QED) is 0.916. The molecule has 0 unspecified atom stereocenters. The number of hydrogen-bond donors (Lipinski definition) is 1. The van der Waals surface area contributed by atoms with Crippen molar-refractivity contribution in [3.63, 3.8) is 0 Å². The summed E-state index contributed by atoms with van der Waals surface area (Å²) in [5.41, 5.74) is 8.53. The third-order valence-electron chi connectivity index (χ3n) is 3.01. The van der Waals surface area contributed by atoms with E-state index < -0.39 is 0 Å². The Kier molecular flexibility index (Phi) is 4.45. The summed E-state index contributed by atoms with van der Waals surface area (Å²) in [6, 6.07) is 7.55. The summed E-state index contributed by atoms with van der Waals surface area (Å²) in [6.45, 7) is 2.64. The lowest BCUT2D eigenvalue weighted by molar-refractivity contribution is 0.379. The lowest BCUT2D eigenvalue weighted by Crippen LogP contribution is -2.03. The van der Waals surface area contributed by atoms with E-state index in [1.807, 2.05) is 31.2 Å². The highest BCUT2D eigenvalue weighted by atomic mass is 35.5. The minimum atomic E-state index is 0.658. The molecule has 0 aliphatic rings. The average Bonchev–Trinajstić information content (AvgIpc) is 2.72. The summed E-state index contributed by atoms with van der Waals surface area (Å²) in [4.78, 5) is 0. The fraction of sp³-hybridized carbons (Fsp3) is 0.357. The number of nitrogens with two attached hydrogens (primary N) is 1. The van der Waals surface area contributed by atoms with Crippen LogP contribution in [0.2, 0.25) is 5.02 Å². The van der Waals surface area contributed by atoms with Gasteiger partial charge < -0.3 is 10.5 Å². The normalized spacial score (nSPS) is 10.7. The van der Waals surface area contributed by atoms with Gasteiger partial charge in [-0.05, 0) is 44.5 Å². The van der Waals surface area contributed by atoms with Crippen LogP contribution in [0.1, 0.15) is 17.7 Å². The third-order valence-corrected chi connectivity index (χ3v) is 3.25. The Balaban J connectivity index is 2.46. The molecule has 2 N–H and O–H groups in total. The Hall–Kier alpha value is -1.52. The molecule has 1 heterocycles. The van der Waals surface area contributed by atoms with Gasteiger partial charge in [-0.2, -0.15) is 5.10 Å². The van der Waals surface area contributed by atoms with Crippen LogP contribution in [-0.4, -0.2) is 23.4 Å². The molecule has 0 saturated heterocycles. The number of benzene rings is 1. The molecule has 0 aliphatic carbocycles. The van der Waals surface area contributed by atoms with Gasteiger partial charge in [-0.25, -0.2) is 4.68 Å². The summed E-state index contributed by atoms with van der Waals surface area (Å²) in [5, 5.41) is 5.21. The van der Waals surface area contributed by atoms with Crippen molar-refractivity contribution in [3.05, 3.63) is 40.5 Å². The fourth-order valence-electron chi connectivity index (χ4n) is 2.10. The highest BCUT2D eigenvalue weighted by molar-refractivity contribution is 6.30.